The lowest BCUT2D eigenvalue weighted by molar-refractivity contribution is -0.0244. The minimum Gasteiger partial charge on any atom is -0.455 e. The molecule has 0 amide bonds. The van der Waals surface area contributed by atoms with Gasteiger partial charge in [-0.1, -0.05) is 24.3 Å². The molecule has 8 nitrogen and oxygen atoms in total. The summed E-state index contributed by atoms with van der Waals surface area (Å²) in [6.45, 7) is 4.04. The largest absolute Gasteiger partial charge is 0.455 e. The van der Waals surface area contributed by atoms with Crippen molar-refractivity contribution in [2.75, 3.05) is 28.9 Å². The summed E-state index contributed by atoms with van der Waals surface area (Å²) in [7, 11) is -3.46. The van der Waals surface area contributed by atoms with E-state index in [0.29, 0.717) is 29.4 Å². The van der Waals surface area contributed by atoms with Crippen molar-refractivity contribution < 1.29 is 21.9 Å². The number of ether oxygens (including phenoxy) is 1. The van der Waals surface area contributed by atoms with Crippen LogP contribution < -0.4 is 20.1 Å². The Bertz CT molecular complexity index is 1710. The molecule has 2 aromatic carbocycles. The second kappa shape index (κ2) is 10.8. The van der Waals surface area contributed by atoms with Crippen molar-refractivity contribution >= 4 is 43.8 Å². The highest BCUT2D eigenvalue weighted by atomic mass is 32.2. The SMILES string of the molecule is Cc1sc(-c2ccnc(NC3CNCC(F)(F)C3)n2)c(Oc2ccc(NS(=O)(=O)CC3CC3)c3ccccc23)c1C. The van der Waals surface area contributed by atoms with Crippen LogP contribution in [0.4, 0.5) is 20.4 Å². The summed E-state index contributed by atoms with van der Waals surface area (Å²) in [6.07, 6.45) is 3.21. The minimum absolute atomic E-state index is 0.131. The molecule has 1 unspecified atom stereocenters. The van der Waals surface area contributed by atoms with Crippen LogP contribution in [0.2, 0.25) is 0 Å². The van der Waals surface area contributed by atoms with E-state index in [1.165, 1.54) is 11.3 Å². The number of aromatic nitrogens is 2. The molecule has 1 atom stereocenters. The Balaban J connectivity index is 1.30. The summed E-state index contributed by atoms with van der Waals surface area (Å²) in [5.41, 5.74) is 2.08. The highest BCUT2D eigenvalue weighted by Gasteiger charge is 2.36. The van der Waals surface area contributed by atoms with E-state index in [1.807, 2.05) is 38.1 Å². The van der Waals surface area contributed by atoms with Gasteiger partial charge in [0.25, 0.3) is 5.92 Å². The van der Waals surface area contributed by atoms with Gasteiger partial charge in [0.15, 0.2) is 5.75 Å². The van der Waals surface area contributed by atoms with E-state index in [1.54, 1.807) is 24.4 Å². The number of benzene rings is 2. The van der Waals surface area contributed by atoms with Crippen molar-refractivity contribution in [3.05, 3.63) is 59.1 Å². The Morgan fingerprint density at radius 3 is 2.66 bits per heavy atom. The first kappa shape index (κ1) is 27.8. The van der Waals surface area contributed by atoms with Gasteiger partial charge in [0.2, 0.25) is 16.0 Å². The Morgan fingerprint density at radius 2 is 1.90 bits per heavy atom. The Kier molecular flexibility index (Phi) is 7.33. The Morgan fingerprint density at radius 1 is 1.12 bits per heavy atom. The van der Waals surface area contributed by atoms with Crippen molar-refractivity contribution in [1.82, 2.24) is 15.3 Å². The van der Waals surface area contributed by atoms with Crippen LogP contribution >= 0.6 is 11.3 Å². The van der Waals surface area contributed by atoms with Gasteiger partial charge in [-0.3, -0.25) is 4.72 Å². The van der Waals surface area contributed by atoms with E-state index >= 15 is 0 Å². The number of alkyl halides is 2. The summed E-state index contributed by atoms with van der Waals surface area (Å²) in [5.74, 6) is -0.930. The average molecular weight is 600 g/mol. The lowest BCUT2D eigenvalue weighted by Gasteiger charge is -2.30. The number of sulfonamides is 1. The number of hydrogen-bond acceptors (Lipinski definition) is 8. The normalized spacial score (nSPS) is 18.8. The van der Waals surface area contributed by atoms with Crippen molar-refractivity contribution in [1.29, 1.82) is 0 Å². The number of aryl methyl sites for hydroxylation is 1. The molecule has 4 aromatic rings. The number of halogens is 2. The molecule has 1 aliphatic heterocycles. The molecule has 0 radical (unpaired) electrons. The molecule has 0 spiro atoms. The first-order valence-corrected chi connectivity index (χ1v) is 16.0. The summed E-state index contributed by atoms with van der Waals surface area (Å²) in [5, 5.41) is 7.31. The fourth-order valence-corrected chi connectivity index (χ4v) is 7.64. The molecule has 3 N–H and O–H groups in total. The van der Waals surface area contributed by atoms with Gasteiger partial charge in [-0.05, 0) is 50.8 Å². The van der Waals surface area contributed by atoms with Gasteiger partial charge in [0.1, 0.15) is 5.75 Å². The van der Waals surface area contributed by atoms with E-state index in [-0.39, 0.29) is 30.6 Å². The van der Waals surface area contributed by atoms with E-state index < -0.39 is 22.0 Å². The minimum atomic E-state index is -3.46. The number of rotatable bonds is 9. The third-order valence-electron chi connectivity index (χ3n) is 7.38. The average Bonchev–Trinajstić information content (AvgIpc) is 3.68. The monoisotopic (exact) mass is 599 g/mol. The highest BCUT2D eigenvalue weighted by Crippen LogP contribution is 2.45. The summed E-state index contributed by atoms with van der Waals surface area (Å²) < 4.78 is 62.5. The topological polar surface area (TPSA) is 105 Å². The van der Waals surface area contributed by atoms with Gasteiger partial charge in [-0.15, -0.1) is 11.3 Å². The Labute approximate surface area is 241 Å². The zero-order chi connectivity index (χ0) is 28.8. The van der Waals surface area contributed by atoms with Crippen LogP contribution in [-0.4, -0.2) is 49.2 Å². The quantitative estimate of drug-likeness (QED) is 0.207. The number of nitrogens with one attached hydrogen (secondary N) is 3. The van der Waals surface area contributed by atoms with E-state index in [4.69, 9.17) is 4.74 Å². The predicted octanol–water partition coefficient (Wildman–Crippen LogP) is 6.33. The number of thiophene rings is 1. The van der Waals surface area contributed by atoms with Gasteiger partial charge in [-0.2, -0.15) is 0 Å². The van der Waals surface area contributed by atoms with Crippen LogP contribution in [0.25, 0.3) is 21.3 Å². The predicted molar refractivity (Wildman–Crippen MR) is 159 cm³/mol. The van der Waals surface area contributed by atoms with E-state index in [2.05, 4.69) is 25.3 Å². The molecule has 2 fully saturated rings. The second-order valence-electron chi connectivity index (χ2n) is 10.8. The van der Waals surface area contributed by atoms with Crippen LogP contribution in [0.15, 0.2) is 48.7 Å². The zero-order valence-corrected chi connectivity index (χ0v) is 24.3. The number of piperidine rings is 1. The third kappa shape index (κ3) is 6.29. The number of hydrogen-bond donors (Lipinski definition) is 3. The van der Waals surface area contributed by atoms with Gasteiger partial charge in [0.05, 0.1) is 28.6 Å². The molecule has 1 saturated heterocycles. The Hall–Kier alpha value is -3.35. The molecule has 41 heavy (non-hydrogen) atoms. The van der Waals surface area contributed by atoms with Crippen molar-refractivity contribution in [3.63, 3.8) is 0 Å². The van der Waals surface area contributed by atoms with Crippen molar-refractivity contribution in [3.8, 4) is 22.1 Å². The maximum atomic E-state index is 13.9. The molecule has 12 heteroatoms. The van der Waals surface area contributed by atoms with Crippen LogP contribution in [0.1, 0.15) is 29.7 Å². The van der Waals surface area contributed by atoms with E-state index in [0.717, 1.165) is 38.9 Å². The summed E-state index contributed by atoms with van der Waals surface area (Å²) in [6, 6.07) is 12.3. The summed E-state index contributed by atoms with van der Waals surface area (Å²) in [4.78, 5) is 10.7. The second-order valence-corrected chi connectivity index (χ2v) is 13.8. The molecule has 2 aliphatic rings. The molecular weight excluding hydrogens is 568 g/mol. The van der Waals surface area contributed by atoms with Crippen LogP contribution in [-0.2, 0) is 10.0 Å². The van der Waals surface area contributed by atoms with E-state index in [9.17, 15) is 17.2 Å². The zero-order valence-electron chi connectivity index (χ0n) is 22.7. The molecule has 0 bridgehead atoms. The highest BCUT2D eigenvalue weighted by molar-refractivity contribution is 7.92. The molecule has 3 heterocycles. The smallest absolute Gasteiger partial charge is 0.262 e. The maximum Gasteiger partial charge on any atom is 0.262 e. The number of anilines is 2. The number of fused-ring (bicyclic) bond motifs is 1. The summed E-state index contributed by atoms with van der Waals surface area (Å²) >= 11 is 1.53. The molecule has 1 aliphatic carbocycles. The van der Waals surface area contributed by atoms with Crippen LogP contribution in [0.5, 0.6) is 11.5 Å². The van der Waals surface area contributed by atoms with Crippen LogP contribution in [0.3, 0.4) is 0 Å². The molecule has 216 valence electrons. The molecular formula is C29H31F2N5O3S2. The maximum absolute atomic E-state index is 13.9. The third-order valence-corrected chi connectivity index (χ3v) is 10.0. The standard InChI is InChI=1S/C29H31F2N5O3S2/c1-17-18(2)40-27(24-11-12-33-28(35-24)34-20-13-29(30,31)16-32-14-20)26(17)39-25-10-9-23(21-5-3-4-6-22(21)25)36-41(37,38)15-19-7-8-19/h3-6,9-12,19-20,32,36H,7-8,13-16H2,1-2H3,(H,33,34,35). The van der Waals surface area contributed by atoms with Crippen molar-refractivity contribution in [2.45, 2.75) is 45.1 Å². The van der Waals surface area contributed by atoms with Gasteiger partial charge in [0, 0.05) is 46.4 Å². The lowest BCUT2D eigenvalue weighted by Crippen LogP contribution is -2.49. The van der Waals surface area contributed by atoms with Gasteiger partial charge in [-0.25, -0.2) is 27.2 Å². The van der Waals surface area contributed by atoms with Crippen molar-refractivity contribution in [2.24, 2.45) is 5.92 Å². The number of nitrogens with zero attached hydrogens (tertiary/aromatic N) is 2. The van der Waals surface area contributed by atoms with Gasteiger partial charge >= 0.3 is 0 Å². The molecule has 2 aromatic heterocycles. The molecule has 6 rings (SSSR count). The first-order chi connectivity index (χ1) is 19.6. The fraction of sp³-hybridized carbons (Fsp3) is 0.379. The molecule has 1 saturated carbocycles. The van der Waals surface area contributed by atoms with Crippen LogP contribution in [0, 0.1) is 19.8 Å². The lowest BCUT2D eigenvalue weighted by atomic mass is 10.0. The first-order valence-electron chi connectivity index (χ1n) is 13.6. The van der Waals surface area contributed by atoms with Gasteiger partial charge < -0.3 is 15.4 Å². The fourth-order valence-electron chi connectivity index (χ4n) is 5.03.